The summed E-state index contributed by atoms with van der Waals surface area (Å²) in [7, 11) is 0. The lowest BCUT2D eigenvalue weighted by Crippen LogP contribution is -2.33. The van der Waals surface area contributed by atoms with Crippen LogP contribution in [0.4, 0.5) is 0 Å². The van der Waals surface area contributed by atoms with Crippen LogP contribution in [-0.4, -0.2) is 31.1 Å². The van der Waals surface area contributed by atoms with E-state index in [2.05, 4.69) is 71.7 Å². The molecule has 1 aliphatic rings. The molecule has 1 saturated heterocycles. The van der Waals surface area contributed by atoms with Crippen molar-refractivity contribution in [2.75, 3.05) is 26.2 Å². The average Bonchev–Trinajstić information content (AvgIpc) is 2.86. The van der Waals surface area contributed by atoms with Crippen molar-refractivity contribution in [3.63, 3.8) is 0 Å². The molecule has 0 bridgehead atoms. The predicted octanol–water partition coefficient (Wildman–Crippen LogP) is 3.63. The predicted molar refractivity (Wildman–Crippen MR) is 93.2 cm³/mol. The Hall–Kier alpha value is -1.64. The Bertz CT molecular complexity index is 554. The summed E-state index contributed by atoms with van der Waals surface area (Å²) in [5.74, 6) is 0. The van der Waals surface area contributed by atoms with Crippen molar-refractivity contribution in [2.24, 2.45) is 0 Å². The molecule has 0 radical (unpaired) electrons. The first kappa shape index (κ1) is 15.3. The van der Waals surface area contributed by atoms with E-state index in [0.717, 1.165) is 32.6 Å². The molecule has 0 saturated carbocycles. The maximum Gasteiger partial charge on any atom is 0.0602 e. The molecular weight excluding hydrogens is 268 g/mol. The molecule has 0 aliphatic carbocycles. The molecule has 1 atom stereocenters. The molecule has 3 rings (SSSR count). The molecule has 0 spiro atoms. The first-order valence-corrected chi connectivity index (χ1v) is 8.47. The van der Waals surface area contributed by atoms with Crippen molar-refractivity contribution < 1.29 is 0 Å². The summed E-state index contributed by atoms with van der Waals surface area (Å²) >= 11 is 0. The maximum atomic E-state index is 3.51. The van der Waals surface area contributed by atoms with Gasteiger partial charge in [-0.05, 0) is 36.1 Å². The second-order valence-electron chi connectivity index (χ2n) is 6.05. The number of aryl methyl sites for hydroxylation is 1. The van der Waals surface area contributed by atoms with E-state index in [-0.39, 0.29) is 0 Å². The van der Waals surface area contributed by atoms with Crippen LogP contribution in [0, 0.1) is 0 Å². The van der Waals surface area contributed by atoms with Gasteiger partial charge in [-0.1, -0.05) is 61.5 Å². The molecule has 2 heteroatoms. The number of rotatable bonds is 4. The van der Waals surface area contributed by atoms with Crippen LogP contribution < -0.4 is 5.32 Å². The molecule has 2 aromatic rings. The molecule has 2 aromatic carbocycles. The third kappa shape index (κ3) is 3.57. The molecule has 22 heavy (non-hydrogen) atoms. The number of nitrogens with zero attached hydrogens (tertiary/aromatic N) is 1. The molecule has 1 N–H and O–H groups in total. The van der Waals surface area contributed by atoms with Crippen LogP contribution in [0.1, 0.15) is 36.1 Å². The van der Waals surface area contributed by atoms with E-state index in [1.54, 1.807) is 0 Å². The molecule has 0 amide bonds. The fourth-order valence-corrected chi connectivity index (χ4v) is 3.31. The Morgan fingerprint density at radius 1 is 0.909 bits per heavy atom. The summed E-state index contributed by atoms with van der Waals surface area (Å²) in [6.45, 7) is 6.69. The van der Waals surface area contributed by atoms with Crippen LogP contribution in [0.5, 0.6) is 0 Å². The summed E-state index contributed by atoms with van der Waals surface area (Å²) in [6.07, 6.45) is 2.32. The highest BCUT2D eigenvalue weighted by molar-refractivity contribution is 5.33. The van der Waals surface area contributed by atoms with Crippen molar-refractivity contribution >= 4 is 0 Å². The lowest BCUT2D eigenvalue weighted by Gasteiger charge is -2.31. The van der Waals surface area contributed by atoms with Crippen molar-refractivity contribution in [3.05, 3.63) is 71.3 Å². The Morgan fingerprint density at radius 3 is 2.36 bits per heavy atom. The van der Waals surface area contributed by atoms with Crippen molar-refractivity contribution in [2.45, 2.75) is 25.8 Å². The highest BCUT2D eigenvalue weighted by Gasteiger charge is 2.22. The molecular formula is C20H26N2. The van der Waals surface area contributed by atoms with Gasteiger partial charge in [0.25, 0.3) is 0 Å². The lowest BCUT2D eigenvalue weighted by atomic mass is 9.95. The molecule has 1 heterocycles. The van der Waals surface area contributed by atoms with Gasteiger partial charge in [-0.2, -0.15) is 0 Å². The quantitative estimate of drug-likeness (QED) is 0.926. The van der Waals surface area contributed by atoms with E-state index < -0.39 is 0 Å². The Balaban J connectivity index is 1.94. The van der Waals surface area contributed by atoms with Gasteiger partial charge in [-0.25, -0.2) is 0 Å². The highest BCUT2D eigenvalue weighted by atomic mass is 15.2. The van der Waals surface area contributed by atoms with Crippen molar-refractivity contribution in [1.29, 1.82) is 0 Å². The van der Waals surface area contributed by atoms with Crippen LogP contribution in [-0.2, 0) is 6.42 Å². The van der Waals surface area contributed by atoms with Crippen molar-refractivity contribution in [1.82, 2.24) is 10.2 Å². The number of nitrogens with one attached hydrogen (secondary N) is 1. The minimum Gasteiger partial charge on any atom is -0.315 e. The number of hydrogen-bond donors (Lipinski definition) is 1. The topological polar surface area (TPSA) is 15.3 Å². The van der Waals surface area contributed by atoms with Gasteiger partial charge in [0.15, 0.2) is 0 Å². The SMILES string of the molecule is CCc1ccc(C(c2ccccc2)N2CCCNCC2)cc1. The largest absolute Gasteiger partial charge is 0.315 e. The third-order valence-corrected chi connectivity index (χ3v) is 4.56. The molecule has 0 aromatic heterocycles. The summed E-state index contributed by atoms with van der Waals surface area (Å²) in [4.78, 5) is 2.62. The minimum atomic E-state index is 0.368. The van der Waals surface area contributed by atoms with Crippen molar-refractivity contribution in [3.8, 4) is 0 Å². The minimum absolute atomic E-state index is 0.368. The third-order valence-electron chi connectivity index (χ3n) is 4.56. The van der Waals surface area contributed by atoms with Gasteiger partial charge < -0.3 is 5.32 Å². The molecule has 1 unspecified atom stereocenters. The van der Waals surface area contributed by atoms with Crippen LogP contribution in [0.3, 0.4) is 0 Å². The van der Waals surface area contributed by atoms with E-state index in [1.807, 2.05) is 0 Å². The normalized spacial score (nSPS) is 17.9. The summed E-state index contributed by atoms with van der Waals surface area (Å²) in [5.41, 5.74) is 4.21. The van der Waals surface area contributed by atoms with Crippen LogP contribution in [0.2, 0.25) is 0 Å². The number of benzene rings is 2. The first-order valence-electron chi connectivity index (χ1n) is 8.47. The van der Waals surface area contributed by atoms with E-state index in [0.29, 0.717) is 6.04 Å². The standard InChI is InChI=1S/C20H26N2/c1-2-17-9-11-19(12-10-17)20(18-7-4-3-5-8-18)22-15-6-13-21-14-16-22/h3-5,7-12,20-21H,2,6,13-16H2,1H3. The van der Waals surface area contributed by atoms with Gasteiger partial charge in [-0.3, -0.25) is 4.90 Å². The molecule has 116 valence electrons. The zero-order valence-corrected chi connectivity index (χ0v) is 13.5. The van der Waals surface area contributed by atoms with E-state index in [4.69, 9.17) is 0 Å². The van der Waals surface area contributed by atoms with Crippen LogP contribution in [0.15, 0.2) is 54.6 Å². The lowest BCUT2D eigenvalue weighted by molar-refractivity contribution is 0.241. The monoisotopic (exact) mass is 294 g/mol. The summed E-state index contributed by atoms with van der Waals surface area (Å²) in [5, 5.41) is 3.51. The fourth-order valence-electron chi connectivity index (χ4n) is 3.31. The Morgan fingerprint density at radius 2 is 1.64 bits per heavy atom. The molecule has 1 aliphatic heterocycles. The fraction of sp³-hybridized carbons (Fsp3) is 0.400. The van der Waals surface area contributed by atoms with Crippen LogP contribution >= 0.6 is 0 Å². The van der Waals surface area contributed by atoms with Gasteiger partial charge in [0.1, 0.15) is 0 Å². The average molecular weight is 294 g/mol. The van der Waals surface area contributed by atoms with E-state index in [1.165, 1.54) is 23.1 Å². The smallest absolute Gasteiger partial charge is 0.0602 e. The number of hydrogen-bond acceptors (Lipinski definition) is 2. The van der Waals surface area contributed by atoms with Gasteiger partial charge in [0.2, 0.25) is 0 Å². The summed E-state index contributed by atoms with van der Waals surface area (Å²) in [6, 6.07) is 20.5. The summed E-state index contributed by atoms with van der Waals surface area (Å²) < 4.78 is 0. The van der Waals surface area contributed by atoms with Crippen LogP contribution in [0.25, 0.3) is 0 Å². The Kier molecular flexibility index (Phi) is 5.25. The Labute approximate surface area is 134 Å². The van der Waals surface area contributed by atoms with E-state index in [9.17, 15) is 0 Å². The second-order valence-corrected chi connectivity index (χ2v) is 6.05. The second kappa shape index (κ2) is 7.57. The first-order chi connectivity index (χ1) is 10.9. The van der Waals surface area contributed by atoms with E-state index >= 15 is 0 Å². The van der Waals surface area contributed by atoms with Gasteiger partial charge in [0.05, 0.1) is 6.04 Å². The van der Waals surface area contributed by atoms with Gasteiger partial charge >= 0.3 is 0 Å². The van der Waals surface area contributed by atoms with Gasteiger partial charge in [-0.15, -0.1) is 0 Å². The highest BCUT2D eigenvalue weighted by Crippen LogP contribution is 2.29. The molecule has 2 nitrogen and oxygen atoms in total. The zero-order valence-electron chi connectivity index (χ0n) is 13.5. The maximum absolute atomic E-state index is 3.51. The zero-order chi connectivity index (χ0) is 15.2. The molecule has 1 fully saturated rings. The van der Waals surface area contributed by atoms with Gasteiger partial charge in [0, 0.05) is 19.6 Å².